The van der Waals surface area contributed by atoms with Gasteiger partial charge in [-0.15, -0.1) is 11.3 Å². The number of thiazole rings is 1. The lowest BCUT2D eigenvalue weighted by Gasteiger charge is -2.25. The molecule has 24 heavy (non-hydrogen) atoms. The summed E-state index contributed by atoms with van der Waals surface area (Å²) in [5.41, 5.74) is 0.353. The van der Waals surface area contributed by atoms with Gasteiger partial charge in [-0.1, -0.05) is 12.2 Å². The molecule has 1 saturated heterocycles. The Hall–Kier alpha value is -1.69. The van der Waals surface area contributed by atoms with Gasteiger partial charge < -0.3 is 9.64 Å². The average molecular weight is 348 g/mol. The number of aromatic nitrogens is 1. The van der Waals surface area contributed by atoms with Crippen LogP contribution in [0.4, 0.5) is 0 Å². The number of hydrogen-bond donors (Lipinski definition) is 0. The van der Waals surface area contributed by atoms with Gasteiger partial charge in [0.15, 0.2) is 5.69 Å². The van der Waals surface area contributed by atoms with E-state index in [0.29, 0.717) is 24.6 Å². The number of likely N-dealkylation sites (tertiary alicyclic amines) is 1. The number of amides is 1. The van der Waals surface area contributed by atoms with Crippen molar-refractivity contribution in [2.24, 2.45) is 5.92 Å². The maximum absolute atomic E-state index is 12.7. The van der Waals surface area contributed by atoms with E-state index in [4.69, 9.17) is 4.74 Å². The molecule has 6 heteroatoms. The van der Waals surface area contributed by atoms with Gasteiger partial charge in [-0.05, 0) is 44.9 Å². The molecule has 0 saturated carbocycles. The van der Waals surface area contributed by atoms with Crippen molar-refractivity contribution >= 4 is 23.2 Å². The Morgan fingerprint density at radius 1 is 1.38 bits per heavy atom. The number of allylic oxidation sites excluding steroid dienone is 2. The molecule has 0 aromatic carbocycles. The lowest BCUT2D eigenvalue weighted by molar-refractivity contribution is -0.132. The first kappa shape index (κ1) is 17.1. The summed E-state index contributed by atoms with van der Waals surface area (Å²) in [5.74, 6) is 0.198. The quantitative estimate of drug-likeness (QED) is 0.601. The van der Waals surface area contributed by atoms with Crippen LogP contribution in [0.2, 0.25) is 0 Å². The van der Waals surface area contributed by atoms with Gasteiger partial charge in [0.25, 0.3) is 0 Å². The number of carbonyl (C=O) groups is 2. The van der Waals surface area contributed by atoms with Gasteiger partial charge in [-0.2, -0.15) is 0 Å². The van der Waals surface area contributed by atoms with Gasteiger partial charge in [-0.25, -0.2) is 9.78 Å². The molecule has 1 fully saturated rings. The van der Waals surface area contributed by atoms with E-state index >= 15 is 0 Å². The van der Waals surface area contributed by atoms with Gasteiger partial charge >= 0.3 is 5.97 Å². The van der Waals surface area contributed by atoms with E-state index < -0.39 is 0 Å². The van der Waals surface area contributed by atoms with E-state index in [2.05, 4.69) is 17.1 Å². The highest BCUT2D eigenvalue weighted by molar-refractivity contribution is 7.09. The first-order chi connectivity index (χ1) is 11.7. The van der Waals surface area contributed by atoms with Gasteiger partial charge in [0.05, 0.1) is 12.6 Å². The monoisotopic (exact) mass is 348 g/mol. The van der Waals surface area contributed by atoms with Crippen LogP contribution >= 0.6 is 11.3 Å². The zero-order valence-corrected chi connectivity index (χ0v) is 14.9. The number of rotatable bonds is 5. The van der Waals surface area contributed by atoms with Crippen LogP contribution in [0.25, 0.3) is 0 Å². The minimum absolute atomic E-state index is 0.0123. The zero-order chi connectivity index (χ0) is 16.9. The molecule has 130 valence electrons. The second-order valence-corrected chi connectivity index (χ2v) is 7.25. The number of ether oxygens (including phenoxy) is 1. The molecule has 5 nitrogen and oxygen atoms in total. The highest BCUT2D eigenvalue weighted by atomic mass is 32.1. The molecular formula is C18H24N2O3S. The third-order valence-electron chi connectivity index (χ3n) is 4.66. The molecule has 1 amide bonds. The topological polar surface area (TPSA) is 59.5 Å². The number of hydrogen-bond acceptors (Lipinski definition) is 5. The second-order valence-electron chi connectivity index (χ2n) is 6.36. The predicted molar refractivity (Wildman–Crippen MR) is 92.9 cm³/mol. The maximum Gasteiger partial charge on any atom is 0.357 e. The second kappa shape index (κ2) is 7.92. The summed E-state index contributed by atoms with van der Waals surface area (Å²) in [4.78, 5) is 30.9. The molecule has 1 aromatic heterocycles. The molecule has 1 aliphatic heterocycles. The summed E-state index contributed by atoms with van der Waals surface area (Å²) >= 11 is 1.45. The third-order valence-corrected chi connectivity index (χ3v) is 5.60. The lowest BCUT2D eigenvalue weighted by atomic mass is 9.92. The van der Waals surface area contributed by atoms with Crippen molar-refractivity contribution in [2.45, 2.75) is 51.5 Å². The lowest BCUT2D eigenvalue weighted by Crippen LogP contribution is -2.32. The Labute approximate surface area is 146 Å². The normalized spacial score (nSPS) is 23.5. The smallest absolute Gasteiger partial charge is 0.357 e. The van der Waals surface area contributed by atoms with Gasteiger partial charge in [0.1, 0.15) is 5.01 Å². The summed E-state index contributed by atoms with van der Waals surface area (Å²) in [6.07, 6.45) is 10.3. The van der Waals surface area contributed by atoms with Crippen LogP contribution in [0.15, 0.2) is 17.5 Å². The summed E-state index contributed by atoms with van der Waals surface area (Å²) in [6.45, 7) is 2.91. The molecule has 1 aliphatic carbocycles. The predicted octanol–water partition coefficient (Wildman–Crippen LogP) is 3.73. The van der Waals surface area contributed by atoms with Crippen LogP contribution in [0.5, 0.6) is 0 Å². The van der Waals surface area contributed by atoms with Crippen LogP contribution in [0.3, 0.4) is 0 Å². The molecule has 0 spiro atoms. The fourth-order valence-electron chi connectivity index (χ4n) is 3.46. The third kappa shape index (κ3) is 3.86. The van der Waals surface area contributed by atoms with Crippen molar-refractivity contribution in [1.82, 2.24) is 9.88 Å². The average Bonchev–Trinajstić information content (AvgIpc) is 3.25. The molecule has 2 heterocycles. The van der Waals surface area contributed by atoms with Crippen LogP contribution in [-0.2, 0) is 9.53 Å². The van der Waals surface area contributed by atoms with E-state index in [1.807, 2.05) is 4.90 Å². The maximum atomic E-state index is 12.7. The molecular weight excluding hydrogens is 324 g/mol. The van der Waals surface area contributed by atoms with Crippen molar-refractivity contribution in [3.8, 4) is 0 Å². The largest absolute Gasteiger partial charge is 0.461 e. The SMILES string of the molecule is CCOC(=O)c1csc(C2CCCN2C(=O)CC2C=CCCC2)n1. The summed E-state index contributed by atoms with van der Waals surface area (Å²) in [6, 6.07) is 0.0123. The molecule has 2 aliphatic rings. The fourth-order valence-corrected chi connectivity index (χ4v) is 4.39. The molecule has 3 rings (SSSR count). The summed E-state index contributed by atoms with van der Waals surface area (Å²) in [7, 11) is 0. The van der Waals surface area contributed by atoms with Crippen LogP contribution in [-0.4, -0.2) is 34.9 Å². The molecule has 0 radical (unpaired) electrons. The Kier molecular flexibility index (Phi) is 5.66. The van der Waals surface area contributed by atoms with Crippen molar-refractivity contribution < 1.29 is 14.3 Å². The molecule has 1 aromatic rings. The Morgan fingerprint density at radius 3 is 3.00 bits per heavy atom. The molecule has 2 unspecified atom stereocenters. The Balaban J connectivity index is 1.66. The zero-order valence-electron chi connectivity index (χ0n) is 14.1. The van der Waals surface area contributed by atoms with E-state index in [1.54, 1.807) is 12.3 Å². The Bertz CT molecular complexity index is 626. The van der Waals surface area contributed by atoms with E-state index in [9.17, 15) is 9.59 Å². The van der Waals surface area contributed by atoms with Crippen molar-refractivity contribution in [1.29, 1.82) is 0 Å². The van der Waals surface area contributed by atoms with E-state index in [1.165, 1.54) is 17.8 Å². The number of nitrogens with zero attached hydrogens (tertiary/aromatic N) is 2. The minimum atomic E-state index is -0.386. The highest BCUT2D eigenvalue weighted by Gasteiger charge is 2.33. The first-order valence-corrected chi connectivity index (χ1v) is 9.65. The summed E-state index contributed by atoms with van der Waals surface area (Å²) < 4.78 is 5.00. The minimum Gasteiger partial charge on any atom is -0.461 e. The number of carbonyl (C=O) groups excluding carboxylic acids is 2. The highest BCUT2D eigenvalue weighted by Crippen LogP contribution is 2.35. The van der Waals surface area contributed by atoms with Crippen LogP contribution in [0, 0.1) is 5.92 Å². The van der Waals surface area contributed by atoms with E-state index in [-0.39, 0.29) is 17.9 Å². The van der Waals surface area contributed by atoms with E-state index in [0.717, 1.165) is 37.2 Å². The van der Waals surface area contributed by atoms with Crippen molar-refractivity contribution in [2.75, 3.05) is 13.2 Å². The molecule has 0 N–H and O–H groups in total. The molecule has 0 bridgehead atoms. The van der Waals surface area contributed by atoms with Crippen molar-refractivity contribution in [3.63, 3.8) is 0 Å². The fraction of sp³-hybridized carbons (Fsp3) is 0.611. The van der Waals surface area contributed by atoms with Gasteiger partial charge in [-0.3, -0.25) is 4.79 Å². The standard InChI is InChI=1S/C18H24N2O3S/c1-2-23-18(22)14-12-24-17(19-14)15-9-6-10-20(15)16(21)11-13-7-4-3-5-8-13/h4,7,12-13,15H,2-3,5-6,8-11H2,1H3. The van der Waals surface area contributed by atoms with Gasteiger partial charge in [0.2, 0.25) is 5.91 Å². The van der Waals surface area contributed by atoms with Crippen LogP contribution in [0.1, 0.15) is 67.0 Å². The van der Waals surface area contributed by atoms with Gasteiger partial charge in [0, 0.05) is 18.3 Å². The Morgan fingerprint density at radius 2 is 2.25 bits per heavy atom. The molecule has 2 atom stereocenters. The number of esters is 1. The van der Waals surface area contributed by atoms with Crippen LogP contribution < -0.4 is 0 Å². The van der Waals surface area contributed by atoms with Crippen molar-refractivity contribution in [3.05, 3.63) is 28.2 Å². The summed E-state index contributed by atoms with van der Waals surface area (Å²) in [5, 5.41) is 2.58. The first-order valence-electron chi connectivity index (χ1n) is 8.77.